The van der Waals surface area contributed by atoms with Crippen LogP contribution in [0, 0.1) is 18.3 Å². The Kier molecular flexibility index (Phi) is 4.20. The van der Waals surface area contributed by atoms with Crippen molar-refractivity contribution in [3.05, 3.63) is 22.3 Å². The number of rotatable bonds is 2. The van der Waals surface area contributed by atoms with E-state index in [0.717, 1.165) is 36.5 Å². The summed E-state index contributed by atoms with van der Waals surface area (Å²) in [7, 11) is 0. The molecule has 0 bridgehead atoms. The van der Waals surface area contributed by atoms with Crippen LogP contribution >= 0.6 is 15.9 Å². The van der Waals surface area contributed by atoms with Crippen LogP contribution in [0.25, 0.3) is 0 Å². The lowest BCUT2D eigenvalue weighted by Gasteiger charge is -2.36. The van der Waals surface area contributed by atoms with Crippen molar-refractivity contribution in [1.82, 2.24) is 9.88 Å². The summed E-state index contributed by atoms with van der Waals surface area (Å²) < 4.78 is 1.04. The second kappa shape index (κ2) is 5.68. The van der Waals surface area contributed by atoms with Gasteiger partial charge in [0.05, 0.1) is 12.1 Å². The Bertz CT molecular complexity index is 461. The Labute approximate surface area is 116 Å². The minimum Gasteiger partial charge on any atom is -0.354 e. The lowest BCUT2D eigenvalue weighted by molar-refractivity contribution is 0.231. The SMILES string of the molecule is Cc1cc(N2CCN(C(C)C#N)CC2)ncc1Br. The molecule has 2 heterocycles. The Morgan fingerprint density at radius 2 is 2.06 bits per heavy atom. The fourth-order valence-corrected chi connectivity index (χ4v) is 2.33. The minimum atomic E-state index is 0.00626. The van der Waals surface area contributed by atoms with Gasteiger partial charge in [-0.25, -0.2) is 4.98 Å². The molecular formula is C13H17BrN4. The number of anilines is 1. The normalized spacial score (nSPS) is 18.4. The van der Waals surface area contributed by atoms with Gasteiger partial charge in [-0.3, -0.25) is 4.90 Å². The molecule has 18 heavy (non-hydrogen) atoms. The second-order valence-corrected chi connectivity index (χ2v) is 5.47. The zero-order chi connectivity index (χ0) is 13.1. The third kappa shape index (κ3) is 2.82. The van der Waals surface area contributed by atoms with E-state index < -0.39 is 0 Å². The number of halogens is 1. The zero-order valence-electron chi connectivity index (χ0n) is 10.7. The first-order valence-electron chi connectivity index (χ1n) is 6.12. The highest BCUT2D eigenvalue weighted by molar-refractivity contribution is 9.10. The predicted octanol–water partition coefficient (Wildman–Crippen LogP) is 2.19. The van der Waals surface area contributed by atoms with Crippen molar-refractivity contribution in [1.29, 1.82) is 5.26 Å². The molecule has 1 unspecified atom stereocenters. The fourth-order valence-electron chi connectivity index (χ4n) is 2.12. The molecule has 96 valence electrons. The molecule has 0 spiro atoms. The van der Waals surface area contributed by atoms with Gasteiger partial charge in [0.15, 0.2) is 0 Å². The number of aromatic nitrogens is 1. The minimum absolute atomic E-state index is 0.00626. The molecule has 0 amide bonds. The largest absolute Gasteiger partial charge is 0.354 e. The van der Waals surface area contributed by atoms with E-state index in [4.69, 9.17) is 5.26 Å². The molecule has 0 N–H and O–H groups in total. The number of piperazine rings is 1. The van der Waals surface area contributed by atoms with Crippen molar-refractivity contribution in [3.63, 3.8) is 0 Å². The molecule has 2 rings (SSSR count). The second-order valence-electron chi connectivity index (χ2n) is 4.62. The van der Waals surface area contributed by atoms with Gasteiger partial charge in [-0.1, -0.05) is 0 Å². The van der Waals surface area contributed by atoms with Crippen LogP contribution in [0.5, 0.6) is 0 Å². The van der Waals surface area contributed by atoms with Gasteiger partial charge < -0.3 is 4.90 Å². The van der Waals surface area contributed by atoms with Crippen LogP contribution in [-0.2, 0) is 0 Å². The Balaban J connectivity index is 2.01. The van der Waals surface area contributed by atoms with Crippen LogP contribution in [0.4, 0.5) is 5.82 Å². The van der Waals surface area contributed by atoms with E-state index >= 15 is 0 Å². The Hall–Kier alpha value is -1.12. The highest BCUT2D eigenvalue weighted by Crippen LogP contribution is 2.21. The van der Waals surface area contributed by atoms with E-state index in [0.29, 0.717) is 0 Å². The molecule has 1 aliphatic rings. The number of nitriles is 1. The summed E-state index contributed by atoms with van der Waals surface area (Å²) in [5, 5.41) is 8.91. The van der Waals surface area contributed by atoms with Crippen LogP contribution in [0.15, 0.2) is 16.7 Å². The van der Waals surface area contributed by atoms with Gasteiger partial charge in [0.1, 0.15) is 5.82 Å². The van der Waals surface area contributed by atoms with Crippen molar-refractivity contribution < 1.29 is 0 Å². The first-order valence-corrected chi connectivity index (χ1v) is 6.92. The van der Waals surface area contributed by atoms with Crippen LogP contribution < -0.4 is 4.90 Å². The molecule has 0 aliphatic carbocycles. The van der Waals surface area contributed by atoms with E-state index in [1.807, 2.05) is 13.1 Å². The molecular weight excluding hydrogens is 292 g/mol. The summed E-state index contributed by atoms with van der Waals surface area (Å²) in [6.07, 6.45) is 1.86. The summed E-state index contributed by atoms with van der Waals surface area (Å²) >= 11 is 3.47. The number of hydrogen-bond donors (Lipinski definition) is 0. The van der Waals surface area contributed by atoms with Crippen LogP contribution in [-0.4, -0.2) is 42.1 Å². The third-order valence-electron chi connectivity index (χ3n) is 3.41. The fraction of sp³-hybridized carbons (Fsp3) is 0.538. The standard InChI is InChI=1S/C13H17BrN4/c1-10-7-13(16-9-12(10)14)18-5-3-17(4-6-18)11(2)8-15/h7,9,11H,3-6H2,1-2H3. The first kappa shape index (κ1) is 13.3. The summed E-state index contributed by atoms with van der Waals surface area (Å²) in [5.74, 6) is 1.03. The lowest BCUT2D eigenvalue weighted by Crippen LogP contribution is -2.49. The average Bonchev–Trinajstić information content (AvgIpc) is 2.41. The van der Waals surface area contributed by atoms with E-state index in [1.54, 1.807) is 0 Å². The van der Waals surface area contributed by atoms with Gasteiger partial charge in [-0.05, 0) is 41.4 Å². The van der Waals surface area contributed by atoms with Gasteiger partial charge in [-0.15, -0.1) is 0 Å². The highest BCUT2D eigenvalue weighted by Gasteiger charge is 2.21. The van der Waals surface area contributed by atoms with Gasteiger partial charge in [0, 0.05) is 36.8 Å². The smallest absolute Gasteiger partial charge is 0.128 e. The maximum atomic E-state index is 8.91. The maximum absolute atomic E-state index is 8.91. The molecule has 1 fully saturated rings. The van der Waals surface area contributed by atoms with Crippen molar-refractivity contribution in [2.24, 2.45) is 0 Å². The molecule has 5 heteroatoms. The first-order chi connectivity index (χ1) is 8.61. The van der Waals surface area contributed by atoms with Gasteiger partial charge >= 0.3 is 0 Å². The average molecular weight is 309 g/mol. The quantitative estimate of drug-likeness (QED) is 0.840. The van der Waals surface area contributed by atoms with Crippen LogP contribution in [0.3, 0.4) is 0 Å². The van der Waals surface area contributed by atoms with Crippen molar-refractivity contribution in [2.45, 2.75) is 19.9 Å². The Morgan fingerprint density at radius 1 is 1.39 bits per heavy atom. The molecule has 1 atom stereocenters. The number of nitrogens with zero attached hydrogens (tertiary/aromatic N) is 4. The molecule has 1 aromatic rings. The molecule has 4 nitrogen and oxygen atoms in total. The van der Waals surface area contributed by atoms with Crippen LogP contribution in [0.1, 0.15) is 12.5 Å². The number of aryl methyl sites for hydroxylation is 1. The summed E-state index contributed by atoms with van der Waals surface area (Å²) in [4.78, 5) is 8.94. The number of pyridine rings is 1. The highest BCUT2D eigenvalue weighted by atomic mass is 79.9. The van der Waals surface area contributed by atoms with Crippen molar-refractivity contribution >= 4 is 21.7 Å². The molecule has 1 saturated heterocycles. The summed E-state index contributed by atoms with van der Waals surface area (Å²) in [6, 6.07) is 4.40. The van der Waals surface area contributed by atoms with Crippen LogP contribution in [0.2, 0.25) is 0 Å². The molecule has 0 saturated carbocycles. The summed E-state index contributed by atoms with van der Waals surface area (Å²) in [5.41, 5.74) is 1.20. The van der Waals surface area contributed by atoms with E-state index in [1.165, 1.54) is 5.56 Å². The third-order valence-corrected chi connectivity index (χ3v) is 4.24. The van der Waals surface area contributed by atoms with E-state index in [-0.39, 0.29) is 6.04 Å². The molecule has 0 radical (unpaired) electrons. The molecule has 1 aliphatic heterocycles. The zero-order valence-corrected chi connectivity index (χ0v) is 12.3. The Morgan fingerprint density at radius 3 is 2.61 bits per heavy atom. The number of hydrogen-bond acceptors (Lipinski definition) is 4. The molecule has 1 aromatic heterocycles. The predicted molar refractivity (Wildman–Crippen MR) is 75.5 cm³/mol. The van der Waals surface area contributed by atoms with Crippen molar-refractivity contribution in [3.8, 4) is 6.07 Å². The van der Waals surface area contributed by atoms with Gasteiger partial charge in [0.2, 0.25) is 0 Å². The van der Waals surface area contributed by atoms with E-state index in [9.17, 15) is 0 Å². The molecule has 0 aromatic carbocycles. The topological polar surface area (TPSA) is 43.2 Å². The maximum Gasteiger partial charge on any atom is 0.128 e. The lowest BCUT2D eigenvalue weighted by atomic mass is 10.2. The summed E-state index contributed by atoms with van der Waals surface area (Å²) in [6.45, 7) is 7.73. The van der Waals surface area contributed by atoms with Gasteiger partial charge in [0.25, 0.3) is 0 Å². The van der Waals surface area contributed by atoms with Gasteiger partial charge in [-0.2, -0.15) is 5.26 Å². The van der Waals surface area contributed by atoms with Crippen molar-refractivity contribution in [2.75, 3.05) is 31.1 Å². The monoisotopic (exact) mass is 308 g/mol. The van der Waals surface area contributed by atoms with E-state index in [2.05, 4.69) is 49.8 Å².